The average molecular weight is 252 g/mol. The number of H-pyrrole nitrogens is 1. The SMILES string of the molecule is COCCNC(=O)c1cn[nH]c1[C@H]1CCCNC1. The van der Waals surface area contributed by atoms with E-state index in [1.54, 1.807) is 13.3 Å². The summed E-state index contributed by atoms with van der Waals surface area (Å²) in [4.78, 5) is 12.0. The first-order valence-corrected chi connectivity index (χ1v) is 6.34. The minimum atomic E-state index is -0.0821. The lowest BCUT2D eigenvalue weighted by Crippen LogP contribution is -2.31. The van der Waals surface area contributed by atoms with Gasteiger partial charge < -0.3 is 15.4 Å². The van der Waals surface area contributed by atoms with E-state index in [1.165, 1.54) is 0 Å². The van der Waals surface area contributed by atoms with Gasteiger partial charge in [0, 0.05) is 26.1 Å². The highest BCUT2D eigenvalue weighted by Crippen LogP contribution is 2.24. The van der Waals surface area contributed by atoms with Gasteiger partial charge >= 0.3 is 0 Å². The van der Waals surface area contributed by atoms with Crippen LogP contribution in [0.1, 0.15) is 34.8 Å². The van der Waals surface area contributed by atoms with Gasteiger partial charge in [-0.05, 0) is 19.4 Å². The average Bonchev–Trinajstić information content (AvgIpc) is 2.89. The van der Waals surface area contributed by atoms with Crippen LogP contribution in [-0.2, 0) is 4.74 Å². The zero-order chi connectivity index (χ0) is 12.8. The Morgan fingerprint density at radius 2 is 2.56 bits per heavy atom. The molecule has 1 aliphatic rings. The summed E-state index contributed by atoms with van der Waals surface area (Å²) >= 11 is 0. The molecule has 0 radical (unpaired) electrons. The van der Waals surface area contributed by atoms with Gasteiger partial charge in [0.1, 0.15) is 0 Å². The Morgan fingerprint density at radius 3 is 3.28 bits per heavy atom. The summed E-state index contributed by atoms with van der Waals surface area (Å²) in [5.74, 6) is 0.269. The van der Waals surface area contributed by atoms with Crippen LogP contribution >= 0.6 is 0 Å². The molecule has 1 fully saturated rings. The van der Waals surface area contributed by atoms with E-state index in [-0.39, 0.29) is 5.91 Å². The van der Waals surface area contributed by atoms with Gasteiger partial charge in [0.05, 0.1) is 24.1 Å². The predicted molar refractivity (Wildman–Crippen MR) is 67.6 cm³/mol. The largest absolute Gasteiger partial charge is 0.383 e. The molecule has 0 aliphatic carbocycles. The predicted octanol–water partition coefficient (Wildman–Crippen LogP) is 0.253. The van der Waals surface area contributed by atoms with Crippen molar-refractivity contribution in [2.45, 2.75) is 18.8 Å². The van der Waals surface area contributed by atoms with Gasteiger partial charge in [-0.25, -0.2) is 0 Å². The number of methoxy groups -OCH3 is 1. The lowest BCUT2D eigenvalue weighted by atomic mass is 9.93. The van der Waals surface area contributed by atoms with Gasteiger partial charge in [0.25, 0.3) is 5.91 Å². The van der Waals surface area contributed by atoms with Crippen molar-refractivity contribution < 1.29 is 9.53 Å². The lowest BCUT2D eigenvalue weighted by Gasteiger charge is -2.22. The highest BCUT2D eigenvalue weighted by atomic mass is 16.5. The van der Waals surface area contributed by atoms with Gasteiger partial charge in [-0.1, -0.05) is 0 Å². The molecule has 1 aromatic rings. The first-order valence-electron chi connectivity index (χ1n) is 6.34. The monoisotopic (exact) mass is 252 g/mol. The summed E-state index contributed by atoms with van der Waals surface area (Å²) in [6, 6.07) is 0. The molecule has 1 atom stereocenters. The van der Waals surface area contributed by atoms with Crippen LogP contribution in [0.15, 0.2) is 6.20 Å². The van der Waals surface area contributed by atoms with Crippen molar-refractivity contribution in [2.24, 2.45) is 0 Å². The van der Waals surface area contributed by atoms with Crippen molar-refractivity contribution in [3.8, 4) is 0 Å². The Hall–Kier alpha value is -1.40. The number of piperidine rings is 1. The van der Waals surface area contributed by atoms with Gasteiger partial charge in [-0.3, -0.25) is 9.89 Å². The van der Waals surface area contributed by atoms with Crippen LogP contribution in [-0.4, -0.2) is 49.5 Å². The normalized spacial score (nSPS) is 19.7. The summed E-state index contributed by atoms with van der Waals surface area (Å²) in [6.45, 7) is 2.99. The zero-order valence-corrected chi connectivity index (χ0v) is 10.7. The highest BCUT2D eigenvalue weighted by molar-refractivity contribution is 5.95. The molecule has 1 amide bonds. The molecule has 1 aromatic heterocycles. The van der Waals surface area contributed by atoms with Crippen LogP contribution in [0, 0.1) is 0 Å². The highest BCUT2D eigenvalue weighted by Gasteiger charge is 2.22. The molecule has 0 unspecified atom stereocenters. The van der Waals surface area contributed by atoms with Crippen LogP contribution in [0.2, 0.25) is 0 Å². The van der Waals surface area contributed by atoms with Gasteiger partial charge in [-0.15, -0.1) is 0 Å². The number of aromatic amines is 1. The topological polar surface area (TPSA) is 79.0 Å². The minimum absolute atomic E-state index is 0.0821. The third-order valence-electron chi connectivity index (χ3n) is 3.21. The van der Waals surface area contributed by atoms with E-state index in [0.29, 0.717) is 24.6 Å². The lowest BCUT2D eigenvalue weighted by molar-refractivity contribution is 0.0935. The van der Waals surface area contributed by atoms with E-state index in [9.17, 15) is 4.79 Å². The second-order valence-corrected chi connectivity index (χ2v) is 4.49. The summed E-state index contributed by atoms with van der Waals surface area (Å²) in [5, 5.41) is 13.1. The number of nitrogens with zero attached hydrogens (tertiary/aromatic N) is 1. The molecule has 0 bridgehead atoms. The number of carbonyl (C=O) groups excluding carboxylic acids is 1. The first-order chi connectivity index (χ1) is 8.83. The molecule has 3 N–H and O–H groups in total. The summed E-state index contributed by atoms with van der Waals surface area (Å²) in [7, 11) is 1.61. The van der Waals surface area contributed by atoms with E-state index in [2.05, 4.69) is 20.8 Å². The maximum absolute atomic E-state index is 12.0. The van der Waals surface area contributed by atoms with Gasteiger partial charge in [-0.2, -0.15) is 5.10 Å². The van der Waals surface area contributed by atoms with E-state index in [0.717, 1.165) is 31.6 Å². The molecular weight excluding hydrogens is 232 g/mol. The maximum Gasteiger partial charge on any atom is 0.254 e. The van der Waals surface area contributed by atoms with Crippen molar-refractivity contribution in [3.63, 3.8) is 0 Å². The number of ether oxygens (including phenoxy) is 1. The van der Waals surface area contributed by atoms with Gasteiger partial charge in [0.2, 0.25) is 0 Å². The molecule has 1 aliphatic heterocycles. The van der Waals surface area contributed by atoms with Crippen LogP contribution in [0.25, 0.3) is 0 Å². The number of aromatic nitrogens is 2. The van der Waals surface area contributed by atoms with E-state index < -0.39 is 0 Å². The molecule has 100 valence electrons. The van der Waals surface area contributed by atoms with Crippen LogP contribution in [0.5, 0.6) is 0 Å². The van der Waals surface area contributed by atoms with E-state index >= 15 is 0 Å². The second-order valence-electron chi connectivity index (χ2n) is 4.49. The molecule has 0 saturated carbocycles. The Bertz CT molecular complexity index is 385. The molecule has 0 spiro atoms. The molecule has 2 rings (SSSR count). The van der Waals surface area contributed by atoms with Crippen molar-refractivity contribution >= 4 is 5.91 Å². The number of carbonyl (C=O) groups is 1. The summed E-state index contributed by atoms with van der Waals surface area (Å²) < 4.78 is 4.91. The molecule has 6 nitrogen and oxygen atoms in total. The zero-order valence-electron chi connectivity index (χ0n) is 10.7. The first kappa shape index (κ1) is 13.0. The molecule has 2 heterocycles. The molecule has 18 heavy (non-hydrogen) atoms. The summed E-state index contributed by atoms with van der Waals surface area (Å²) in [6.07, 6.45) is 3.83. The molecular formula is C12H20N4O2. The van der Waals surface area contributed by atoms with Crippen molar-refractivity contribution in [2.75, 3.05) is 33.4 Å². The molecule has 1 saturated heterocycles. The summed E-state index contributed by atoms with van der Waals surface area (Å²) in [5.41, 5.74) is 1.59. The maximum atomic E-state index is 12.0. The van der Waals surface area contributed by atoms with Crippen molar-refractivity contribution in [3.05, 3.63) is 17.5 Å². The fourth-order valence-corrected chi connectivity index (χ4v) is 2.25. The molecule has 0 aromatic carbocycles. The van der Waals surface area contributed by atoms with Crippen molar-refractivity contribution in [1.82, 2.24) is 20.8 Å². The van der Waals surface area contributed by atoms with Gasteiger partial charge in [0.15, 0.2) is 0 Å². The number of rotatable bonds is 5. The number of hydrogen-bond donors (Lipinski definition) is 3. The van der Waals surface area contributed by atoms with Crippen LogP contribution in [0.3, 0.4) is 0 Å². The van der Waals surface area contributed by atoms with Crippen LogP contribution in [0.4, 0.5) is 0 Å². The third-order valence-corrected chi connectivity index (χ3v) is 3.21. The third kappa shape index (κ3) is 3.08. The second kappa shape index (κ2) is 6.51. The quantitative estimate of drug-likeness (QED) is 0.656. The minimum Gasteiger partial charge on any atom is -0.383 e. The number of amides is 1. The standard InChI is InChI=1S/C12H20N4O2/c1-18-6-5-14-12(17)10-8-15-16-11(10)9-3-2-4-13-7-9/h8-9,13H,2-7H2,1H3,(H,14,17)(H,15,16)/t9-/m0/s1. The Kier molecular flexibility index (Phi) is 4.72. The van der Waals surface area contributed by atoms with E-state index in [4.69, 9.17) is 4.74 Å². The van der Waals surface area contributed by atoms with Crippen molar-refractivity contribution in [1.29, 1.82) is 0 Å². The fraction of sp³-hybridized carbons (Fsp3) is 0.667. The van der Waals surface area contributed by atoms with Crippen LogP contribution < -0.4 is 10.6 Å². The Labute approximate surface area is 106 Å². The number of hydrogen-bond acceptors (Lipinski definition) is 4. The smallest absolute Gasteiger partial charge is 0.254 e. The fourth-order valence-electron chi connectivity index (χ4n) is 2.25. The van der Waals surface area contributed by atoms with E-state index in [1.807, 2.05) is 0 Å². The Balaban J connectivity index is 1.99. The Morgan fingerprint density at radius 1 is 1.67 bits per heavy atom. The molecule has 6 heteroatoms. The number of nitrogens with one attached hydrogen (secondary N) is 3.